The van der Waals surface area contributed by atoms with Crippen LogP contribution < -0.4 is 0 Å². The van der Waals surface area contributed by atoms with Crippen molar-refractivity contribution in [3.8, 4) is 0 Å². The SMILES string of the molecule is CC.Cc1nc2ccncc2cc1C(C)C. The fourth-order valence-corrected chi connectivity index (χ4v) is 1.71. The summed E-state index contributed by atoms with van der Waals surface area (Å²) in [6.45, 7) is 10.4. The number of nitrogens with zero attached hydrogens (tertiary/aromatic N) is 2. The van der Waals surface area contributed by atoms with Gasteiger partial charge in [-0.2, -0.15) is 0 Å². The molecule has 86 valence electrons. The van der Waals surface area contributed by atoms with Gasteiger partial charge in [0.15, 0.2) is 0 Å². The van der Waals surface area contributed by atoms with E-state index in [2.05, 4.69) is 36.8 Å². The van der Waals surface area contributed by atoms with E-state index in [4.69, 9.17) is 0 Å². The summed E-state index contributed by atoms with van der Waals surface area (Å²) in [6, 6.07) is 4.14. The average molecular weight is 216 g/mol. The predicted octanol–water partition coefficient (Wildman–Crippen LogP) is 4.09. The molecular formula is C14H20N2. The predicted molar refractivity (Wildman–Crippen MR) is 69.7 cm³/mol. The molecular weight excluding hydrogens is 196 g/mol. The zero-order valence-electron chi connectivity index (χ0n) is 10.8. The van der Waals surface area contributed by atoms with Gasteiger partial charge in [0.25, 0.3) is 0 Å². The summed E-state index contributed by atoms with van der Waals surface area (Å²) in [6.07, 6.45) is 3.65. The highest BCUT2D eigenvalue weighted by molar-refractivity contribution is 5.78. The van der Waals surface area contributed by atoms with Crippen LogP contribution in [0.2, 0.25) is 0 Å². The van der Waals surface area contributed by atoms with Crippen LogP contribution in [0.15, 0.2) is 24.5 Å². The third-order valence-electron chi connectivity index (χ3n) is 2.47. The van der Waals surface area contributed by atoms with Crippen molar-refractivity contribution in [1.29, 1.82) is 0 Å². The molecule has 2 heterocycles. The molecule has 0 aromatic carbocycles. The number of pyridine rings is 2. The molecule has 0 spiro atoms. The van der Waals surface area contributed by atoms with Crippen LogP contribution in [0, 0.1) is 6.92 Å². The molecule has 0 aliphatic heterocycles. The van der Waals surface area contributed by atoms with E-state index in [9.17, 15) is 0 Å². The normalized spacial score (nSPS) is 10.1. The molecule has 0 unspecified atom stereocenters. The van der Waals surface area contributed by atoms with Crippen molar-refractivity contribution in [2.75, 3.05) is 0 Å². The van der Waals surface area contributed by atoms with Gasteiger partial charge in [-0.05, 0) is 30.5 Å². The van der Waals surface area contributed by atoms with Gasteiger partial charge in [-0.3, -0.25) is 9.97 Å². The summed E-state index contributed by atoms with van der Waals surface area (Å²) in [4.78, 5) is 8.66. The number of hydrogen-bond acceptors (Lipinski definition) is 2. The second kappa shape index (κ2) is 5.59. The molecule has 0 radical (unpaired) electrons. The summed E-state index contributed by atoms with van der Waals surface area (Å²) in [5.74, 6) is 0.520. The van der Waals surface area contributed by atoms with Gasteiger partial charge >= 0.3 is 0 Å². The van der Waals surface area contributed by atoms with Gasteiger partial charge in [-0.1, -0.05) is 27.7 Å². The molecule has 2 rings (SSSR count). The molecule has 0 amide bonds. The van der Waals surface area contributed by atoms with Gasteiger partial charge in [0.2, 0.25) is 0 Å². The first-order valence-corrected chi connectivity index (χ1v) is 5.90. The van der Waals surface area contributed by atoms with E-state index in [0.717, 1.165) is 16.6 Å². The molecule has 0 fully saturated rings. The number of rotatable bonds is 1. The first-order chi connectivity index (χ1) is 7.68. The molecule has 2 aromatic rings. The van der Waals surface area contributed by atoms with Crippen LogP contribution in [0.4, 0.5) is 0 Å². The van der Waals surface area contributed by atoms with Crippen molar-refractivity contribution in [3.05, 3.63) is 35.8 Å². The molecule has 0 aliphatic carbocycles. The van der Waals surface area contributed by atoms with E-state index in [1.807, 2.05) is 26.1 Å². The largest absolute Gasteiger partial charge is 0.264 e. The lowest BCUT2D eigenvalue weighted by molar-refractivity contribution is 0.848. The number of aryl methyl sites for hydroxylation is 1. The van der Waals surface area contributed by atoms with Gasteiger partial charge in [0, 0.05) is 23.5 Å². The van der Waals surface area contributed by atoms with Crippen molar-refractivity contribution in [1.82, 2.24) is 9.97 Å². The van der Waals surface area contributed by atoms with E-state index in [0.29, 0.717) is 5.92 Å². The first kappa shape index (κ1) is 12.6. The van der Waals surface area contributed by atoms with Gasteiger partial charge in [0.1, 0.15) is 0 Å². The topological polar surface area (TPSA) is 25.8 Å². The zero-order valence-corrected chi connectivity index (χ0v) is 10.8. The van der Waals surface area contributed by atoms with Crippen LogP contribution in [0.5, 0.6) is 0 Å². The quantitative estimate of drug-likeness (QED) is 0.717. The number of hydrogen-bond donors (Lipinski definition) is 0. The molecule has 0 aliphatic rings. The summed E-state index contributed by atoms with van der Waals surface area (Å²) in [5, 5.41) is 1.13. The monoisotopic (exact) mass is 216 g/mol. The highest BCUT2D eigenvalue weighted by Crippen LogP contribution is 2.21. The van der Waals surface area contributed by atoms with Crippen molar-refractivity contribution in [2.24, 2.45) is 0 Å². The third-order valence-corrected chi connectivity index (χ3v) is 2.47. The molecule has 0 bridgehead atoms. The Labute approximate surface area is 97.7 Å². The summed E-state index contributed by atoms with van der Waals surface area (Å²) >= 11 is 0. The Morgan fingerprint density at radius 1 is 1.19 bits per heavy atom. The molecule has 0 saturated carbocycles. The third kappa shape index (κ3) is 2.57. The second-order valence-electron chi connectivity index (χ2n) is 3.89. The maximum atomic E-state index is 4.56. The Balaban J connectivity index is 0.000000606. The Bertz CT molecular complexity index is 461. The average Bonchev–Trinajstić information content (AvgIpc) is 2.30. The van der Waals surface area contributed by atoms with Gasteiger partial charge in [-0.25, -0.2) is 0 Å². The fraction of sp³-hybridized carbons (Fsp3) is 0.429. The highest BCUT2D eigenvalue weighted by atomic mass is 14.7. The van der Waals surface area contributed by atoms with Crippen molar-refractivity contribution in [3.63, 3.8) is 0 Å². The maximum absolute atomic E-state index is 4.56. The molecule has 2 nitrogen and oxygen atoms in total. The maximum Gasteiger partial charge on any atom is 0.0736 e. The van der Waals surface area contributed by atoms with Crippen LogP contribution in [0.1, 0.15) is 44.9 Å². The lowest BCUT2D eigenvalue weighted by Crippen LogP contribution is -1.95. The Morgan fingerprint density at radius 3 is 2.50 bits per heavy atom. The fourth-order valence-electron chi connectivity index (χ4n) is 1.71. The van der Waals surface area contributed by atoms with Crippen LogP contribution in [-0.4, -0.2) is 9.97 Å². The molecule has 0 N–H and O–H groups in total. The molecule has 0 saturated heterocycles. The van der Waals surface area contributed by atoms with Crippen molar-refractivity contribution in [2.45, 2.75) is 40.5 Å². The van der Waals surface area contributed by atoms with E-state index in [-0.39, 0.29) is 0 Å². The standard InChI is InChI=1S/C12H14N2.C2H6/c1-8(2)11-6-10-7-13-5-4-12(10)14-9(11)3;1-2/h4-8H,1-3H3;1-2H3. The van der Waals surface area contributed by atoms with E-state index >= 15 is 0 Å². The van der Waals surface area contributed by atoms with E-state index in [1.54, 1.807) is 6.20 Å². The molecule has 0 atom stereocenters. The first-order valence-electron chi connectivity index (χ1n) is 5.90. The molecule has 2 aromatic heterocycles. The lowest BCUT2D eigenvalue weighted by atomic mass is 10.0. The zero-order chi connectivity index (χ0) is 12.1. The summed E-state index contributed by atoms with van der Waals surface area (Å²) in [7, 11) is 0. The Kier molecular flexibility index (Phi) is 4.41. The minimum Gasteiger partial charge on any atom is -0.264 e. The van der Waals surface area contributed by atoms with Gasteiger partial charge < -0.3 is 0 Å². The van der Waals surface area contributed by atoms with Crippen LogP contribution in [-0.2, 0) is 0 Å². The minimum atomic E-state index is 0.520. The van der Waals surface area contributed by atoms with Gasteiger partial charge in [-0.15, -0.1) is 0 Å². The molecule has 16 heavy (non-hydrogen) atoms. The van der Waals surface area contributed by atoms with Crippen molar-refractivity contribution >= 4 is 10.9 Å². The summed E-state index contributed by atoms with van der Waals surface area (Å²) < 4.78 is 0. The highest BCUT2D eigenvalue weighted by Gasteiger charge is 2.06. The van der Waals surface area contributed by atoms with E-state index in [1.165, 1.54) is 5.56 Å². The lowest BCUT2D eigenvalue weighted by Gasteiger charge is -2.09. The Morgan fingerprint density at radius 2 is 1.88 bits per heavy atom. The van der Waals surface area contributed by atoms with Gasteiger partial charge in [0.05, 0.1) is 5.52 Å². The van der Waals surface area contributed by atoms with Crippen LogP contribution >= 0.6 is 0 Å². The number of fused-ring (bicyclic) bond motifs is 1. The number of aromatic nitrogens is 2. The van der Waals surface area contributed by atoms with Crippen LogP contribution in [0.25, 0.3) is 10.9 Å². The van der Waals surface area contributed by atoms with Crippen LogP contribution in [0.3, 0.4) is 0 Å². The second-order valence-corrected chi connectivity index (χ2v) is 3.89. The minimum absolute atomic E-state index is 0.520. The summed E-state index contributed by atoms with van der Waals surface area (Å²) in [5.41, 5.74) is 3.46. The molecule has 2 heteroatoms. The van der Waals surface area contributed by atoms with E-state index < -0.39 is 0 Å². The smallest absolute Gasteiger partial charge is 0.0736 e. The Hall–Kier alpha value is -1.44. The van der Waals surface area contributed by atoms with Crippen molar-refractivity contribution < 1.29 is 0 Å².